The highest BCUT2D eigenvalue weighted by molar-refractivity contribution is 7.90. The van der Waals surface area contributed by atoms with Crippen LogP contribution in [0.5, 0.6) is 0 Å². The molecular formula is C22H19N3O5S. The van der Waals surface area contributed by atoms with Gasteiger partial charge in [-0.1, -0.05) is 47.6 Å². The van der Waals surface area contributed by atoms with Crippen LogP contribution in [0, 0.1) is 13.8 Å². The van der Waals surface area contributed by atoms with Crippen LogP contribution in [0.4, 0.5) is 0 Å². The number of aryl methyl sites for hydroxylation is 1. The SMILES string of the molecule is Cc1noc(C(=O)NS(=O)(=O)c2ccccc2-c2ccc(Cc3ncco3)cc2)c1C. The van der Waals surface area contributed by atoms with E-state index < -0.39 is 15.9 Å². The molecule has 4 aromatic rings. The molecule has 9 heteroatoms. The minimum atomic E-state index is -4.16. The number of carbonyl (C=O) groups excluding carboxylic acids is 1. The van der Waals surface area contributed by atoms with Crippen molar-refractivity contribution in [3.63, 3.8) is 0 Å². The number of carbonyl (C=O) groups is 1. The number of nitrogens with one attached hydrogen (secondary N) is 1. The monoisotopic (exact) mass is 437 g/mol. The molecule has 8 nitrogen and oxygen atoms in total. The van der Waals surface area contributed by atoms with Crippen LogP contribution in [0.1, 0.15) is 33.3 Å². The predicted octanol–water partition coefficient (Wildman–Crippen LogP) is 3.66. The van der Waals surface area contributed by atoms with Crippen molar-refractivity contribution in [3.8, 4) is 11.1 Å². The fourth-order valence-electron chi connectivity index (χ4n) is 3.11. The number of hydrogen-bond acceptors (Lipinski definition) is 7. The van der Waals surface area contributed by atoms with Crippen molar-refractivity contribution in [3.05, 3.63) is 89.5 Å². The number of rotatable bonds is 6. The highest BCUT2D eigenvalue weighted by Crippen LogP contribution is 2.28. The van der Waals surface area contributed by atoms with Crippen molar-refractivity contribution in [1.29, 1.82) is 0 Å². The summed E-state index contributed by atoms with van der Waals surface area (Å²) in [4.78, 5) is 16.6. The van der Waals surface area contributed by atoms with E-state index in [1.165, 1.54) is 12.3 Å². The first-order chi connectivity index (χ1) is 14.8. The van der Waals surface area contributed by atoms with Crippen LogP contribution in [0.3, 0.4) is 0 Å². The summed E-state index contributed by atoms with van der Waals surface area (Å²) in [7, 11) is -4.16. The normalized spacial score (nSPS) is 11.4. The summed E-state index contributed by atoms with van der Waals surface area (Å²) in [6, 6.07) is 13.9. The Hall–Kier alpha value is -3.72. The van der Waals surface area contributed by atoms with E-state index in [-0.39, 0.29) is 10.7 Å². The lowest BCUT2D eigenvalue weighted by Crippen LogP contribution is -2.31. The second-order valence-corrected chi connectivity index (χ2v) is 8.60. The summed E-state index contributed by atoms with van der Waals surface area (Å²) in [5.41, 5.74) is 3.14. The Labute approximate surface area is 179 Å². The maximum absolute atomic E-state index is 13.0. The predicted molar refractivity (Wildman–Crippen MR) is 112 cm³/mol. The van der Waals surface area contributed by atoms with Gasteiger partial charge in [-0.2, -0.15) is 0 Å². The van der Waals surface area contributed by atoms with E-state index in [4.69, 9.17) is 8.94 Å². The first-order valence-corrected chi connectivity index (χ1v) is 10.9. The van der Waals surface area contributed by atoms with Gasteiger partial charge in [-0.3, -0.25) is 4.79 Å². The van der Waals surface area contributed by atoms with Gasteiger partial charge >= 0.3 is 5.91 Å². The van der Waals surface area contributed by atoms with E-state index in [2.05, 4.69) is 14.9 Å². The van der Waals surface area contributed by atoms with Gasteiger partial charge in [0.15, 0.2) is 5.89 Å². The molecule has 0 aliphatic heterocycles. The lowest BCUT2D eigenvalue weighted by atomic mass is 10.0. The van der Waals surface area contributed by atoms with E-state index >= 15 is 0 Å². The lowest BCUT2D eigenvalue weighted by Gasteiger charge is -2.12. The molecule has 0 aliphatic carbocycles. The van der Waals surface area contributed by atoms with Crippen LogP contribution in [0.15, 0.2) is 74.8 Å². The Balaban J connectivity index is 1.62. The molecule has 4 rings (SSSR count). The molecule has 2 heterocycles. The van der Waals surface area contributed by atoms with Gasteiger partial charge in [0.05, 0.1) is 16.8 Å². The smallest absolute Gasteiger partial charge is 0.303 e. The van der Waals surface area contributed by atoms with Crippen molar-refractivity contribution < 1.29 is 22.2 Å². The van der Waals surface area contributed by atoms with Crippen LogP contribution >= 0.6 is 0 Å². The van der Waals surface area contributed by atoms with Gasteiger partial charge in [0.1, 0.15) is 6.26 Å². The van der Waals surface area contributed by atoms with Gasteiger partial charge < -0.3 is 8.94 Å². The Bertz CT molecular complexity index is 1320. The second kappa shape index (κ2) is 8.19. The molecule has 0 saturated heterocycles. The van der Waals surface area contributed by atoms with Crippen LogP contribution < -0.4 is 4.72 Å². The molecule has 158 valence electrons. The molecule has 2 aromatic carbocycles. The van der Waals surface area contributed by atoms with Gasteiger partial charge in [-0.15, -0.1) is 0 Å². The molecule has 0 spiro atoms. The summed E-state index contributed by atoms with van der Waals surface area (Å²) in [6.07, 6.45) is 3.63. The minimum absolute atomic E-state index is 0.0160. The molecule has 0 radical (unpaired) electrons. The molecule has 0 bridgehead atoms. The second-order valence-electron chi connectivity index (χ2n) is 6.95. The highest BCUT2D eigenvalue weighted by Gasteiger charge is 2.26. The number of benzene rings is 2. The van der Waals surface area contributed by atoms with Crippen LogP contribution in [0.2, 0.25) is 0 Å². The molecule has 0 saturated carbocycles. The standard InChI is InChI=1S/C22H19N3O5S/c1-14-15(2)24-30-21(14)22(26)25-31(27,28)19-6-4-3-5-18(19)17-9-7-16(8-10-17)13-20-23-11-12-29-20/h3-12H,13H2,1-2H3,(H,25,26). The van der Waals surface area contributed by atoms with Gasteiger partial charge in [0, 0.05) is 17.5 Å². The van der Waals surface area contributed by atoms with E-state index in [1.54, 1.807) is 38.2 Å². The summed E-state index contributed by atoms with van der Waals surface area (Å²) in [5, 5.41) is 3.70. The summed E-state index contributed by atoms with van der Waals surface area (Å²) >= 11 is 0. The van der Waals surface area contributed by atoms with Crippen molar-refractivity contribution in [2.75, 3.05) is 0 Å². The molecule has 0 aliphatic rings. The first-order valence-electron chi connectivity index (χ1n) is 9.42. The largest absolute Gasteiger partial charge is 0.449 e. The average molecular weight is 437 g/mol. The average Bonchev–Trinajstić information content (AvgIpc) is 3.38. The highest BCUT2D eigenvalue weighted by atomic mass is 32.2. The van der Waals surface area contributed by atoms with E-state index in [1.807, 2.05) is 24.3 Å². The van der Waals surface area contributed by atoms with Crippen LogP contribution in [-0.4, -0.2) is 24.5 Å². The topological polar surface area (TPSA) is 115 Å². The summed E-state index contributed by atoms with van der Waals surface area (Å²) < 4.78 is 38.3. The number of amides is 1. The number of aromatic nitrogens is 2. The van der Waals surface area contributed by atoms with Crippen molar-refractivity contribution in [1.82, 2.24) is 14.9 Å². The number of sulfonamides is 1. The number of nitrogens with zero attached hydrogens (tertiary/aromatic N) is 2. The number of hydrogen-bond donors (Lipinski definition) is 1. The molecule has 2 aromatic heterocycles. The molecule has 1 amide bonds. The Kier molecular flexibility index (Phi) is 5.43. The van der Waals surface area contributed by atoms with Gasteiger partial charge in [-0.25, -0.2) is 18.1 Å². The molecule has 0 atom stereocenters. The molecule has 0 unspecified atom stereocenters. The van der Waals surface area contributed by atoms with Crippen molar-refractivity contribution >= 4 is 15.9 Å². The van der Waals surface area contributed by atoms with Crippen molar-refractivity contribution in [2.45, 2.75) is 25.2 Å². The van der Waals surface area contributed by atoms with E-state index in [9.17, 15) is 13.2 Å². The van der Waals surface area contributed by atoms with Crippen LogP contribution in [0.25, 0.3) is 11.1 Å². The van der Waals surface area contributed by atoms with E-state index in [0.29, 0.717) is 34.7 Å². The molecule has 0 fully saturated rings. The van der Waals surface area contributed by atoms with E-state index in [0.717, 1.165) is 5.56 Å². The fourth-order valence-corrected chi connectivity index (χ4v) is 4.29. The quantitative estimate of drug-likeness (QED) is 0.489. The Morgan fingerprint density at radius 3 is 2.45 bits per heavy atom. The zero-order chi connectivity index (χ0) is 22.0. The van der Waals surface area contributed by atoms with Gasteiger partial charge in [-0.05, 0) is 31.0 Å². The first kappa shape index (κ1) is 20.5. The van der Waals surface area contributed by atoms with Gasteiger partial charge in [0.25, 0.3) is 10.0 Å². The Morgan fingerprint density at radius 1 is 1.06 bits per heavy atom. The minimum Gasteiger partial charge on any atom is -0.449 e. The molecule has 31 heavy (non-hydrogen) atoms. The van der Waals surface area contributed by atoms with Gasteiger partial charge in [0.2, 0.25) is 5.76 Å². The molecule has 1 N–H and O–H groups in total. The maximum atomic E-state index is 13.0. The molecular weight excluding hydrogens is 418 g/mol. The third-order valence-electron chi connectivity index (χ3n) is 4.87. The Morgan fingerprint density at radius 2 is 1.81 bits per heavy atom. The maximum Gasteiger partial charge on any atom is 0.303 e. The third-order valence-corrected chi connectivity index (χ3v) is 6.26. The fraction of sp³-hybridized carbons (Fsp3) is 0.136. The number of oxazole rings is 1. The zero-order valence-corrected chi connectivity index (χ0v) is 17.6. The zero-order valence-electron chi connectivity index (χ0n) is 16.8. The summed E-state index contributed by atoms with van der Waals surface area (Å²) in [5.74, 6) is -0.403. The lowest BCUT2D eigenvalue weighted by molar-refractivity contribution is 0.0944. The van der Waals surface area contributed by atoms with Crippen molar-refractivity contribution in [2.24, 2.45) is 0 Å². The summed E-state index contributed by atoms with van der Waals surface area (Å²) in [6.45, 7) is 3.31. The third kappa shape index (κ3) is 4.26. The van der Waals surface area contributed by atoms with Crippen LogP contribution in [-0.2, 0) is 16.4 Å².